The van der Waals surface area contributed by atoms with E-state index < -0.39 is 0 Å². The summed E-state index contributed by atoms with van der Waals surface area (Å²) in [6.07, 6.45) is 10.5. The third kappa shape index (κ3) is 4.16. The lowest BCUT2D eigenvalue weighted by molar-refractivity contribution is 0.444. The van der Waals surface area contributed by atoms with Gasteiger partial charge in [-0.15, -0.1) is 11.3 Å². The zero-order chi connectivity index (χ0) is 24.6. The molecule has 0 aliphatic heterocycles. The third-order valence-electron chi connectivity index (χ3n) is 7.99. The molecule has 2 aromatic heterocycles. The maximum absolute atomic E-state index is 4.27. The van der Waals surface area contributed by atoms with Crippen LogP contribution in [0.1, 0.15) is 43.6 Å². The molecule has 37 heavy (non-hydrogen) atoms. The molecule has 0 bridgehead atoms. The number of rotatable bonds is 4. The molecule has 0 spiro atoms. The van der Waals surface area contributed by atoms with Crippen LogP contribution >= 0.6 is 11.3 Å². The summed E-state index contributed by atoms with van der Waals surface area (Å²) < 4.78 is 2.75. The zero-order valence-corrected chi connectivity index (χ0v) is 21.7. The SMILES string of the molecule is c1cncc(-c2ccc(-c3cccc4c3sc3c(-c5cccc(C6CCCCC6)c5)cccc34)cc2)c1. The Morgan fingerprint density at radius 2 is 1.22 bits per heavy atom. The average Bonchev–Trinajstić information content (AvgIpc) is 3.37. The summed E-state index contributed by atoms with van der Waals surface area (Å²) in [6, 6.07) is 36.0. The molecule has 0 unspecified atom stereocenters. The summed E-state index contributed by atoms with van der Waals surface area (Å²) in [5, 5.41) is 2.70. The number of benzene rings is 4. The van der Waals surface area contributed by atoms with Gasteiger partial charge < -0.3 is 0 Å². The van der Waals surface area contributed by atoms with E-state index in [2.05, 4.69) is 96.0 Å². The van der Waals surface area contributed by atoms with Crippen molar-refractivity contribution in [1.29, 1.82) is 0 Å². The number of pyridine rings is 1. The van der Waals surface area contributed by atoms with Crippen molar-refractivity contribution < 1.29 is 0 Å². The van der Waals surface area contributed by atoms with Crippen molar-refractivity contribution in [2.45, 2.75) is 38.0 Å². The van der Waals surface area contributed by atoms with E-state index in [0.717, 1.165) is 11.5 Å². The normalized spacial score (nSPS) is 14.4. The first-order chi connectivity index (χ1) is 18.3. The van der Waals surface area contributed by atoms with Crippen LogP contribution in [0.3, 0.4) is 0 Å². The Hall–Kier alpha value is -3.75. The lowest BCUT2D eigenvalue weighted by atomic mass is 9.83. The van der Waals surface area contributed by atoms with Crippen molar-refractivity contribution in [1.82, 2.24) is 4.98 Å². The molecule has 1 aliphatic carbocycles. The van der Waals surface area contributed by atoms with Crippen LogP contribution in [0.25, 0.3) is 53.6 Å². The van der Waals surface area contributed by atoms with Crippen LogP contribution in [0, 0.1) is 0 Å². The molecule has 2 heteroatoms. The standard InChI is InChI=1S/C35H29NS/c1-2-8-24(9-3-1)27-10-4-11-28(22-27)31-14-6-16-33-32-15-5-13-30(34(32)37-35(31)33)26-19-17-25(18-20-26)29-12-7-21-36-23-29/h4-7,10-24H,1-3,8-9H2. The van der Waals surface area contributed by atoms with E-state index in [-0.39, 0.29) is 0 Å². The molecule has 1 nitrogen and oxygen atoms in total. The summed E-state index contributed by atoms with van der Waals surface area (Å²) >= 11 is 1.94. The first-order valence-electron chi connectivity index (χ1n) is 13.4. The highest BCUT2D eigenvalue weighted by molar-refractivity contribution is 7.26. The smallest absolute Gasteiger partial charge is 0.0434 e. The number of hydrogen-bond acceptors (Lipinski definition) is 2. The van der Waals surface area contributed by atoms with Gasteiger partial charge >= 0.3 is 0 Å². The van der Waals surface area contributed by atoms with Crippen molar-refractivity contribution in [2.24, 2.45) is 0 Å². The van der Waals surface area contributed by atoms with E-state index in [1.807, 2.05) is 29.8 Å². The molecule has 1 fully saturated rings. The van der Waals surface area contributed by atoms with Gasteiger partial charge in [0, 0.05) is 32.6 Å². The van der Waals surface area contributed by atoms with Crippen LogP contribution in [0.15, 0.2) is 109 Å². The third-order valence-corrected chi connectivity index (χ3v) is 9.28. The van der Waals surface area contributed by atoms with Crippen molar-refractivity contribution >= 4 is 31.5 Å². The number of thiophene rings is 1. The maximum atomic E-state index is 4.27. The summed E-state index contributed by atoms with van der Waals surface area (Å²) in [5.74, 6) is 0.719. The zero-order valence-electron chi connectivity index (χ0n) is 20.9. The van der Waals surface area contributed by atoms with Crippen molar-refractivity contribution in [3.05, 3.63) is 115 Å². The minimum atomic E-state index is 0.719. The van der Waals surface area contributed by atoms with Gasteiger partial charge in [-0.1, -0.05) is 110 Å². The number of fused-ring (bicyclic) bond motifs is 3. The highest BCUT2D eigenvalue weighted by Gasteiger charge is 2.18. The van der Waals surface area contributed by atoms with Crippen LogP contribution in [0.5, 0.6) is 0 Å². The van der Waals surface area contributed by atoms with E-state index in [0.29, 0.717) is 0 Å². The molecule has 4 aromatic carbocycles. The van der Waals surface area contributed by atoms with Gasteiger partial charge in [0.1, 0.15) is 0 Å². The Morgan fingerprint density at radius 1 is 0.568 bits per heavy atom. The van der Waals surface area contributed by atoms with Crippen molar-refractivity contribution in [2.75, 3.05) is 0 Å². The molecule has 2 heterocycles. The Labute approximate surface area is 222 Å². The Kier molecular flexibility index (Phi) is 5.83. The van der Waals surface area contributed by atoms with Crippen LogP contribution in [0.2, 0.25) is 0 Å². The lowest BCUT2D eigenvalue weighted by Gasteiger charge is -2.22. The van der Waals surface area contributed by atoms with E-state index in [9.17, 15) is 0 Å². The van der Waals surface area contributed by atoms with Gasteiger partial charge in [0.15, 0.2) is 0 Å². The van der Waals surface area contributed by atoms with E-state index >= 15 is 0 Å². The molecule has 7 rings (SSSR count). The molecule has 0 atom stereocenters. The highest BCUT2D eigenvalue weighted by atomic mass is 32.1. The molecular formula is C35H29NS. The topological polar surface area (TPSA) is 12.9 Å². The average molecular weight is 496 g/mol. The number of hydrogen-bond donors (Lipinski definition) is 0. The van der Waals surface area contributed by atoms with Gasteiger partial charge in [-0.25, -0.2) is 0 Å². The highest BCUT2D eigenvalue weighted by Crippen LogP contribution is 2.44. The van der Waals surface area contributed by atoms with Gasteiger partial charge in [-0.3, -0.25) is 4.98 Å². The first kappa shape index (κ1) is 22.4. The predicted molar refractivity (Wildman–Crippen MR) is 159 cm³/mol. The minimum Gasteiger partial charge on any atom is -0.264 e. The van der Waals surface area contributed by atoms with E-state index in [4.69, 9.17) is 0 Å². The second kappa shape index (κ2) is 9.61. The quantitative estimate of drug-likeness (QED) is 0.237. The Morgan fingerprint density at radius 3 is 1.92 bits per heavy atom. The van der Waals surface area contributed by atoms with Crippen LogP contribution in [0.4, 0.5) is 0 Å². The van der Waals surface area contributed by atoms with Crippen LogP contribution in [-0.4, -0.2) is 4.98 Å². The Bertz CT molecular complexity index is 1690. The molecule has 0 amide bonds. The maximum Gasteiger partial charge on any atom is 0.0434 e. The fourth-order valence-electron chi connectivity index (χ4n) is 6.05. The lowest BCUT2D eigenvalue weighted by Crippen LogP contribution is -2.04. The molecule has 0 saturated heterocycles. The van der Waals surface area contributed by atoms with Gasteiger partial charge in [-0.05, 0) is 63.8 Å². The van der Waals surface area contributed by atoms with E-state index in [1.165, 1.54) is 85.7 Å². The molecule has 0 N–H and O–H groups in total. The van der Waals surface area contributed by atoms with Gasteiger partial charge in [-0.2, -0.15) is 0 Å². The fraction of sp³-hybridized carbons (Fsp3) is 0.171. The van der Waals surface area contributed by atoms with E-state index in [1.54, 1.807) is 0 Å². The van der Waals surface area contributed by atoms with Crippen LogP contribution < -0.4 is 0 Å². The summed E-state index contributed by atoms with van der Waals surface area (Å²) in [6.45, 7) is 0. The molecule has 180 valence electrons. The molecular weight excluding hydrogens is 466 g/mol. The summed E-state index contributed by atoms with van der Waals surface area (Å²) in [7, 11) is 0. The number of nitrogens with zero attached hydrogens (tertiary/aromatic N) is 1. The predicted octanol–water partition coefficient (Wildman–Crippen LogP) is 10.5. The van der Waals surface area contributed by atoms with Gasteiger partial charge in [0.2, 0.25) is 0 Å². The summed E-state index contributed by atoms with van der Waals surface area (Å²) in [4.78, 5) is 4.27. The molecule has 0 radical (unpaired) electrons. The fourth-order valence-corrected chi connectivity index (χ4v) is 7.42. The summed E-state index contributed by atoms with van der Waals surface area (Å²) in [5.41, 5.74) is 9.13. The second-order valence-corrected chi connectivity index (χ2v) is 11.3. The van der Waals surface area contributed by atoms with Crippen LogP contribution in [-0.2, 0) is 0 Å². The second-order valence-electron chi connectivity index (χ2n) is 10.2. The van der Waals surface area contributed by atoms with Crippen molar-refractivity contribution in [3.8, 4) is 33.4 Å². The minimum absolute atomic E-state index is 0.719. The largest absolute Gasteiger partial charge is 0.264 e. The Balaban J connectivity index is 1.32. The molecule has 1 aliphatic rings. The van der Waals surface area contributed by atoms with Gasteiger partial charge in [0.05, 0.1) is 0 Å². The molecule has 1 saturated carbocycles. The first-order valence-corrected chi connectivity index (χ1v) is 14.2. The molecule has 6 aromatic rings. The van der Waals surface area contributed by atoms with Crippen molar-refractivity contribution in [3.63, 3.8) is 0 Å². The van der Waals surface area contributed by atoms with Gasteiger partial charge in [0.25, 0.3) is 0 Å². The monoisotopic (exact) mass is 495 g/mol. The number of aromatic nitrogens is 1.